The number of likely N-dealkylation sites (tertiary alicyclic amines) is 1. The van der Waals surface area contributed by atoms with Crippen molar-refractivity contribution in [3.63, 3.8) is 0 Å². The number of imidazole rings is 1. The van der Waals surface area contributed by atoms with E-state index in [0.717, 1.165) is 31.4 Å². The van der Waals surface area contributed by atoms with Crippen LogP contribution < -0.4 is 5.32 Å². The molecule has 1 aromatic carbocycles. The van der Waals surface area contributed by atoms with Crippen molar-refractivity contribution >= 4 is 12.2 Å². The van der Waals surface area contributed by atoms with Crippen molar-refractivity contribution in [3.05, 3.63) is 53.9 Å². The van der Waals surface area contributed by atoms with Crippen LogP contribution in [-0.4, -0.2) is 52.2 Å². The molecule has 4 atom stereocenters. The summed E-state index contributed by atoms with van der Waals surface area (Å²) in [6.45, 7) is 1.30. The Balaban J connectivity index is 1.47. The van der Waals surface area contributed by atoms with Crippen LogP contribution in [0.1, 0.15) is 48.2 Å². The summed E-state index contributed by atoms with van der Waals surface area (Å²) in [7, 11) is 0. The number of carbonyl (C=O) groups is 2. The molecule has 7 heteroatoms. The zero-order chi connectivity index (χ0) is 20.9. The zero-order valence-electron chi connectivity index (χ0n) is 17.1. The van der Waals surface area contributed by atoms with Gasteiger partial charge in [0.1, 0.15) is 12.1 Å². The highest BCUT2D eigenvalue weighted by molar-refractivity contribution is 5.94. The second kappa shape index (κ2) is 9.51. The molecule has 2 fully saturated rings. The molecule has 160 valence electrons. The summed E-state index contributed by atoms with van der Waals surface area (Å²) in [6.07, 6.45) is 10.6. The summed E-state index contributed by atoms with van der Waals surface area (Å²) in [5, 5.41) is 3.35. The van der Waals surface area contributed by atoms with Gasteiger partial charge in [0.15, 0.2) is 0 Å². The quantitative estimate of drug-likeness (QED) is 0.686. The molecule has 1 saturated heterocycles. The van der Waals surface area contributed by atoms with E-state index in [4.69, 9.17) is 0 Å². The van der Waals surface area contributed by atoms with E-state index in [0.29, 0.717) is 30.4 Å². The summed E-state index contributed by atoms with van der Waals surface area (Å²) >= 11 is 0. The number of halogens is 1. The van der Waals surface area contributed by atoms with Crippen molar-refractivity contribution in [2.24, 2.45) is 11.8 Å². The number of aldehydes is 1. The molecule has 1 aliphatic heterocycles. The normalized spacial score (nSPS) is 24.8. The summed E-state index contributed by atoms with van der Waals surface area (Å²) in [5.41, 5.74) is 1.41. The number of carbonyl (C=O) groups excluding carboxylic acids is 2. The molecule has 4 unspecified atom stereocenters. The molecule has 1 saturated carbocycles. The van der Waals surface area contributed by atoms with Crippen LogP contribution in [0.4, 0.5) is 4.39 Å². The van der Waals surface area contributed by atoms with E-state index in [2.05, 4.69) is 15.3 Å². The predicted octanol–water partition coefficient (Wildman–Crippen LogP) is 2.97. The maximum absolute atomic E-state index is 13.3. The Bertz CT molecular complexity index is 839. The molecule has 1 aliphatic carbocycles. The Hall–Kier alpha value is -2.54. The number of hydrogen-bond acceptors (Lipinski definition) is 4. The molecule has 0 bridgehead atoms. The number of nitrogens with zero attached hydrogens (tertiary/aromatic N) is 2. The van der Waals surface area contributed by atoms with Gasteiger partial charge in [0.2, 0.25) is 0 Å². The lowest BCUT2D eigenvalue weighted by atomic mass is 9.72. The number of amides is 1. The number of benzene rings is 1. The Morgan fingerprint density at radius 3 is 2.73 bits per heavy atom. The second-order valence-corrected chi connectivity index (χ2v) is 8.59. The van der Waals surface area contributed by atoms with Crippen LogP contribution in [0.3, 0.4) is 0 Å². The highest BCUT2D eigenvalue weighted by Crippen LogP contribution is 2.39. The second-order valence-electron chi connectivity index (χ2n) is 8.59. The number of hydrogen-bond donors (Lipinski definition) is 2. The average Bonchev–Trinajstić information content (AvgIpc) is 3.29. The molecule has 4 rings (SSSR count). The Labute approximate surface area is 176 Å². The van der Waals surface area contributed by atoms with E-state index < -0.39 is 0 Å². The van der Waals surface area contributed by atoms with Crippen LogP contribution >= 0.6 is 0 Å². The third-order valence-electron chi connectivity index (χ3n) is 6.64. The van der Waals surface area contributed by atoms with Gasteiger partial charge >= 0.3 is 0 Å². The molecular formula is C23H29FN4O2. The van der Waals surface area contributed by atoms with Crippen LogP contribution in [0.5, 0.6) is 0 Å². The van der Waals surface area contributed by atoms with Crippen molar-refractivity contribution < 1.29 is 14.0 Å². The number of piperidine rings is 1. The molecule has 2 aromatic rings. The topological polar surface area (TPSA) is 78.1 Å². The summed E-state index contributed by atoms with van der Waals surface area (Å²) < 4.78 is 13.3. The molecule has 2 heterocycles. The van der Waals surface area contributed by atoms with Crippen molar-refractivity contribution in [2.75, 3.05) is 13.1 Å². The Morgan fingerprint density at radius 1 is 1.27 bits per heavy atom. The van der Waals surface area contributed by atoms with Gasteiger partial charge in [0, 0.05) is 43.0 Å². The highest BCUT2D eigenvalue weighted by Gasteiger charge is 2.39. The minimum Gasteiger partial charge on any atom is -0.348 e. The summed E-state index contributed by atoms with van der Waals surface area (Å²) in [6, 6.07) is 5.47. The molecule has 1 aromatic heterocycles. The molecule has 1 amide bonds. The average molecular weight is 413 g/mol. The largest absolute Gasteiger partial charge is 0.348 e. The van der Waals surface area contributed by atoms with E-state index in [9.17, 15) is 14.0 Å². The minimum absolute atomic E-state index is 0.0196. The smallest absolute Gasteiger partial charge is 0.254 e. The number of aromatic nitrogens is 2. The van der Waals surface area contributed by atoms with E-state index in [1.54, 1.807) is 24.7 Å². The van der Waals surface area contributed by atoms with Crippen LogP contribution in [0.2, 0.25) is 0 Å². The van der Waals surface area contributed by atoms with Crippen LogP contribution in [0, 0.1) is 17.7 Å². The lowest BCUT2D eigenvalue weighted by molar-refractivity contribution is -0.109. The van der Waals surface area contributed by atoms with Crippen LogP contribution in [0.25, 0.3) is 0 Å². The van der Waals surface area contributed by atoms with Gasteiger partial charge < -0.3 is 20.0 Å². The highest BCUT2D eigenvalue weighted by atomic mass is 19.1. The SMILES string of the molecule is O=CC(Cc1cnc[nH]1)NCC1CC2CCCCC2CN1C(=O)c1ccc(F)cc1. The molecule has 2 N–H and O–H groups in total. The summed E-state index contributed by atoms with van der Waals surface area (Å²) in [5.74, 6) is 0.766. The first-order valence-electron chi connectivity index (χ1n) is 10.9. The van der Waals surface area contributed by atoms with E-state index in [1.807, 2.05) is 4.90 Å². The van der Waals surface area contributed by atoms with Gasteiger partial charge in [-0.15, -0.1) is 0 Å². The van der Waals surface area contributed by atoms with Gasteiger partial charge in [-0.1, -0.05) is 19.3 Å². The van der Waals surface area contributed by atoms with Crippen LogP contribution in [-0.2, 0) is 11.2 Å². The van der Waals surface area contributed by atoms with Gasteiger partial charge in [-0.3, -0.25) is 4.79 Å². The van der Waals surface area contributed by atoms with E-state index in [1.165, 1.54) is 31.4 Å². The Morgan fingerprint density at radius 2 is 2.03 bits per heavy atom. The Kier molecular flexibility index (Phi) is 6.57. The monoisotopic (exact) mass is 412 g/mol. The first-order chi connectivity index (χ1) is 14.6. The molecule has 2 aliphatic rings. The van der Waals surface area contributed by atoms with Crippen molar-refractivity contribution in [2.45, 2.75) is 50.6 Å². The molecule has 0 spiro atoms. The standard InChI is InChI=1S/C23H29FN4O2/c24-19-7-5-16(6-8-19)23(30)28-13-18-4-2-1-3-17(18)9-22(28)12-26-21(14-29)10-20-11-25-15-27-20/h5-8,11,14-15,17-18,21-22,26H,1-4,9-10,12-13H2,(H,25,27). The maximum atomic E-state index is 13.3. The summed E-state index contributed by atoms with van der Waals surface area (Å²) in [4.78, 5) is 33.8. The fourth-order valence-electron chi connectivity index (χ4n) is 5.00. The maximum Gasteiger partial charge on any atom is 0.254 e. The number of H-pyrrole nitrogens is 1. The zero-order valence-corrected chi connectivity index (χ0v) is 17.1. The first-order valence-corrected chi connectivity index (χ1v) is 10.9. The van der Waals surface area contributed by atoms with Crippen molar-refractivity contribution in [1.29, 1.82) is 0 Å². The third kappa shape index (κ3) is 4.78. The van der Waals surface area contributed by atoms with Gasteiger partial charge in [-0.2, -0.15) is 0 Å². The molecule has 6 nitrogen and oxygen atoms in total. The van der Waals surface area contributed by atoms with Gasteiger partial charge in [-0.05, 0) is 48.9 Å². The van der Waals surface area contributed by atoms with Crippen LogP contribution in [0.15, 0.2) is 36.8 Å². The predicted molar refractivity (Wildman–Crippen MR) is 111 cm³/mol. The third-order valence-corrected chi connectivity index (χ3v) is 6.64. The molecular weight excluding hydrogens is 383 g/mol. The fourth-order valence-corrected chi connectivity index (χ4v) is 5.00. The number of nitrogens with one attached hydrogen (secondary N) is 2. The number of aromatic amines is 1. The lowest BCUT2D eigenvalue weighted by Gasteiger charge is -2.46. The van der Waals surface area contributed by atoms with Gasteiger partial charge in [0.25, 0.3) is 5.91 Å². The van der Waals surface area contributed by atoms with Crippen molar-refractivity contribution in [1.82, 2.24) is 20.2 Å². The minimum atomic E-state index is -0.344. The molecule has 30 heavy (non-hydrogen) atoms. The number of fused-ring (bicyclic) bond motifs is 1. The van der Waals surface area contributed by atoms with Crippen molar-refractivity contribution in [3.8, 4) is 0 Å². The lowest BCUT2D eigenvalue weighted by Crippen LogP contribution is -2.55. The molecule has 0 radical (unpaired) electrons. The number of rotatable bonds is 7. The van der Waals surface area contributed by atoms with E-state index in [-0.39, 0.29) is 23.8 Å². The van der Waals surface area contributed by atoms with Gasteiger partial charge in [-0.25, -0.2) is 9.37 Å². The van der Waals surface area contributed by atoms with E-state index >= 15 is 0 Å². The van der Waals surface area contributed by atoms with Gasteiger partial charge in [0.05, 0.1) is 12.4 Å². The first kappa shape index (κ1) is 20.7. The fraction of sp³-hybridized carbons (Fsp3) is 0.522.